The Kier molecular flexibility index (Phi) is 5.46. The van der Waals surface area contributed by atoms with E-state index in [-0.39, 0.29) is 16.9 Å². The molecule has 2 aromatic heterocycles. The largest absolute Gasteiger partial charge is 0.457 e. The molecule has 0 aliphatic carbocycles. The van der Waals surface area contributed by atoms with Gasteiger partial charge in [0.1, 0.15) is 11.5 Å². The first kappa shape index (κ1) is 24.4. The van der Waals surface area contributed by atoms with Gasteiger partial charge in [0, 0.05) is 33.2 Å². The maximum atomic E-state index is 9.18. The Hall–Kier alpha value is -5.74. The SMILES string of the molecule is [2H][Si]([2H])([2H])C1([Si]([2H])([2H])[2H])c2ccccc2Oc2c1cccc2[Si](c1ccccc1)(c1ccccc1)c1cccc(-n2c3ccccc3n3c4ccccc4nc23)c1. The van der Waals surface area contributed by atoms with Gasteiger partial charge in [-0.25, -0.2) is 4.98 Å². The Labute approximate surface area is 310 Å². The molecule has 244 valence electrons. The highest BCUT2D eigenvalue weighted by Crippen LogP contribution is 2.44. The average Bonchev–Trinajstić information content (AvgIpc) is 3.75. The Bertz CT molecular complexity index is 2950. The normalized spacial score (nSPS) is 15.8. The lowest BCUT2D eigenvalue weighted by molar-refractivity contribution is 0.457. The summed E-state index contributed by atoms with van der Waals surface area (Å²) in [5.74, 6) is 1.41. The molecule has 9 aromatic rings. The minimum absolute atomic E-state index is 0.247. The molecule has 0 bridgehead atoms. The quantitative estimate of drug-likeness (QED) is 0.175. The molecular formula is C44H35N3OSi3. The van der Waals surface area contributed by atoms with Gasteiger partial charge in [0.05, 0.1) is 22.1 Å². The molecule has 3 heterocycles. The van der Waals surface area contributed by atoms with Gasteiger partial charge < -0.3 is 4.74 Å². The van der Waals surface area contributed by atoms with Gasteiger partial charge in [-0.05, 0) is 79.0 Å². The van der Waals surface area contributed by atoms with Crippen LogP contribution in [0, 0.1) is 0 Å². The Morgan fingerprint density at radius 1 is 0.569 bits per heavy atom. The van der Waals surface area contributed by atoms with E-state index in [0.717, 1.165) is 54.3 Å². The molecule has 51 heavy (non-hydrogen) atoms. The molecule has 0 atom stereocenters. The highest BCUT2D eigenvalue weighted by molar-refractivity contribution is 7.20. The molecule has 4 nitrogen and oxygen atoms in total. The monoisotopic (exact) mass is 711 g/mol. The molecule has 0 fully saturated rings. The molecule has 1 aliphatic heterocycles. The molecule has 1 aliphatic rings. The van der Waals surface area contributed by atoms with Gasteiger partial charge in [0.25, 0.3) is 0 Å². The van der Waals surface area contributed by atoms with Crippen LogP contribution in [0.15, 0.2) is 176 Å². The van der Waals surface area contributed by atoms with Crippen molar-refractivity contribution in [3.8, 4) is 17.2 Å². The third-order valence-electron chi connectivity index (χ3n) is 10.4. The summed E-state index contributed by atoms with van der Waals surface area (Å²) >= 11 is 0. The third kappa shape index (κ3) is 4.32. The van der Waals surface area contributed by atoms with Gasteiger partial charge in [-0.1, -0.05) is 133 Å². The van der Waals surface area contributed by atoms with Crippen LogP contribution in [-0.4, -0.2) is 49.5 Å². The van der Waals surface area contributed by atoms with Crippen LogP contribution in [0.2, 0.25) is 0 Å². The summed E-state index contributed by atoms with van der Waals surface area (Å²) in [6.07, 6.45) is 0. The summed E-state index contributed by atoms with van der Waals surface area (Å²) < 4.78 is 64.3. The molecule has 0 unspecified atom stereocenters. The van der Waals surface area contributed by atoms with E-state index in [9.17, 15) is 7.41 Å². The Balaban J connectivity index is 1.34. The number of aromatic nitrogens is 3. The number of imidazole rings is 2. The Morgan fingerprint density at radius 2 is 1.18 bits per heavy atom. The number of fused-ring (bicyclic) bond motifs is 7. The van der Waals surface area contributed by atoms with Crippen molar-refractivity contribution in [1.82, 2.24) is 14.0 Å². The van der Waals surface area contributed by atoms with Crippen molar-refractivity contribution in [3.63, 3.8) is 0 Å². The lowest BCUT2D eigenvalue weighted by Gasteiger charge is -2.40. The molecule has 0 spiro atoms. The minimum atomic E-state index is -4.80. The summed E-state index contributed by atoms with van der Waals surface area (Å²) in [6, 6.07) is 58.1. The van der Waals surface area contributed by atoms with E-state index in [0.29, 0.717) is 5.75 Å². The van der Waals surface area contributed by atoms with Gasteiger partial charge in [-0.3, -0.25) is 8.97 Å². The Morgan fingerprint density at radius 3 is 1.94 bits per heavy atom. The molecule has 0 N–H and O–H groups in total. The molecule has 0 saturated heterocycles. The lowest BCUT2D eigenvalue weighted by atomic mass is 9.98. The first-order valence-electron chi connectivity index (χ1n) is 20.1. The standard InChI is InChI=1S/C44H35N3OSi3/c49-44(50)34-21-7-12-27-40(34)48-42-35(44)22-14-28-41(42)51(31-16-3-1-4-17-31,32-18-5-2-6-19-32)33-20-13-15-30(29-33)46-38-25-10-11-26-39(38)47-37-24-9-8-23-36(37)45-43(46)47/h1-29H,49-50H3/i49D3,50D3. The summed E-state index contributed by atoms with van der Waals surface area (Å²) in [5.41, 5.74) is 5.35. The zero-order valence-corrected chi connectivity index (χ0v) is 30.5. The van der Waals surface area contributed by atoms with Crippen molar-refractivity contribution in [3.05, 3.63) is 187 Å². The lowest BCUT2D eigenvalue weighted by Crippen LogP contribution is -2.75. The van der Waals surface area contributed by atoms with Gasteiger partial charge in [-0.15, -0.1) is 0 Å². The smallest absolute Gasteiger partial charge is 0.220 e. The van der Waals surface area contributed by atoms with E-state index in [4.69, 9.17) is 9.72 Å². The molecular weight excluding hydrogens is 671 g/mol. The fraction of sp³-hybridized carbons (Fsp3) is 0.0227. The zero-order valence-electron chi connectivity index (χ0n) is 33.5. The van der Waals surface area contributed by atoms with E-state index in [1.54, 1.807) is 30.3 Å². The molecule has 0 amide bonds. The number of hydrogen-bond acceptors (Lipinski definition) is 2. The van der Waals surface area contributed by atoms with Crippen molar-refractivity contribution in [2.24, 2.45) is 0 Å². The van der Waals surface area contributed by atoms with E-state index >= 15 is 0 Å². The molecule has 7 aromatic carbocycles. The van der Waals surface area contributed by atoms with Gasteiger partial charge in [0.15, 0.2) is 8.07 Å². The van der Waals surface area contributed by atoms with Crippen molar-refractivity contribution >= 4 is 76.7 Å². The van der Waals surface area contributed by atoms with Crippen molar-refractivity contribution in [2.75, 3.05) is 0 Å². The van der Waals surface area contributed by atoms with Gasteiger partial charge >= 0.3 is 0 Å². The highest BCUT2D eigenvalue weighted by Gasteiger charge is 2.46. The fourth-order valence-electron chi connectivity index (χ4n) is 8.18. The molecule has 7 heteroatoms. The first-order chi connectivity index (χ1) is 27.6. The number of nitrogens with zero attached hydrogens (tertiary/aromatic N) is 3. The number of para-hydroxylation sites is 6. The van der Waals surface area contributed by atoms with E-state index in [1.807, 2.05) is 78.9 Å². The highest BCUT2D eigenvalue weighted by atomic mass is 28.3. The second kappa shape index (κ2) is 11.4. The summed E-state index contributed by atoms with van der Waals surface area (Å²) in [4.78, 5) is 5.15. The average molecular weight is 712 g/mol. The van der Waals surface area contributed by atoms with Gasteiger partial charge in [-0.2, -0.15) is 0 Å². The summed E-state index contributed by atoms with van der Waals surface area (Å²) in [5, 5.41) is 3.89. The third-order valence-corrected chi connectivity index (χ3v) is 16.2. The minimum Gasteiger partial charge on any atom is -0.457 e. The molecule has 10 rings (SSSR count). The van der Waals surface area contributed by atoms with Crippen molar-refractivity contribution < 1.29 is 4.74 Å². The zero-order chi connectivity index (χ0) is 39.2. The molecule has 0 saturated carbocycles. The van der Waals surface area contributed by atoms with Crippen molar-refractivity contribution in [1.29, 1.82) is 7.41 Å². The predicted octanol–water partition coefficient (Wildman–Crippen LogP) is 4.85. The summed E-state index contributed by atoms with van der Waals surface area (Å²) in [6.45, 7) is 0. The van der Waals surface area contributed by atoms with Crippen LogP contribution < -0.4 is 25.5 Å². The predicted molar refractivity (Wildman–Crippen MR) is 220 cm³/mol. The maximum absolute atomic E-state index is 9.18. The second-order valence-electron chi connectivity index (χ2n) is 13.1. The van der Waals surface area contributed by atoms with Crippen LogP contribution in [0.3, 0.4) is 0 Å². The van der Waals surface area contributed by atoms with Crippen LogP contribution in [0.25, 0.3) is 33.5 Å². The second-order valence-corrected chi connectivity index (χ2v) is 18.9. The number of ether oxygens (including phenoxy) is 1. The summed E-state index contributed by atoms with van der Waals surface area (Å²) in [7, 11) is -13.1. The van der Waals surface area contributed by atoms with Crippen LogP contribution >= 0.6 is 0 Å². The fourth-order valence-corrected chi connectivity index (χ4v) is 13.9. The van der Waals surface area contributed by atoms with Crippen LogP contribution in [-0.2, 0) is 4.66 Å². The number of rotatable bonds is 7. The van der Waals surface area contributed by atoms with E-state index in [1.165, 1.54) is 0 Å². The van der Waals surface area contributed by atoms with Crippen LogP contribution in [0.1, 0.15) is 11.1 Å². The number of benzene rings is 7. The number of hydrogen-bond donors (Lipinski definition) is 0. The molecule has 0 radical (unpaired) electrons. The van der Waals surface area contributed by atoms with Gasteiger partial charge in [0.2, 0.25) is 5.78 Å². The maximum Gasteiger partial charge on any atom is 0.220 e. The van der Waals surface area contributed by atoms with E-state index in [2.05, 4.69) is 75.7 Å². The van der Waals surface area contributed by atoms with Crippen LogP contribution in [0.4, 0.5) is 0 Å². The van der Waals surface area contributed by atoms with E-state index < -0.39 is 32.8 Å². The van der Waals surface area contributed by atoms with Crippen LogP contribution in [0.5, 0.6) is 11.5 Å². The topological polar surface area (TPSA) is 31.5 Å². The first-order valence-corrected chi connectivity index (χ1v) is 20.1. The van der Waals surface area contributed by atoms with Crippen molar-refractivity contribution in [2.45, 2.75) is 4.66 Å².